The summed E-state index contributed by atoms with van der Waals surface area (Å²) in [7, 11) is -1.74. The molecule has 0 aliphatic heterocycles. The number of benzene rings is 2. The first-order valence-electron chi connectivity index (χ1n) is 7.62. The number of hydrogen-bond acceptors (Lipinski definition) is 4. The molecule has 0 aliphatic carbocycles. The summed E-state index contributed by atoms with van der Waals surface area (Å²) in [5, 5.41) is 0. The Hall–Kier alpha value is -1.86. The van der Waals surface area contributed by atoms with Gasteiger partial charge in [0.05, 0.1) is 17.6 Å². The Morgan fingerprint density at radius 3 is 2.20 bits per heavy atom. The number of ether oxygens (including phenoxy) is 1. The summed E-state index contributed by atoms with van der Waals surface area (Å²) in [5.41, 5.74) is 1.10. The van der Waals surface area contributed by atoms with Crippen molar-refractivity contribution in [3.05, 3.63) is 52.5 Å². The quantitative estimate of drug-likeness (QED) is 0.727. The predicted octanol–water partition coefficient (Wildman–Crippen LogP) is 3.92. The van der Waals surface area contributed by atoms with Gasteiger partial charge in [0.25, 0.3) is 5.91 Å². The van der Waals surface area contributed by atoms with E-state index < -0.39 is 9.84 Å². The zero-order chi connectivity index (χ0) is 18.8. The van der Waals surface area contributed by atoms with Crippen LogP contribution in [0.5, 0.6) is 5.75 Å². The largest absolute Gasteiger partial charge is 0.497 e. The van der Waals surface area contributed by atoms with Crippen molar-refractivity contribution in [1.82, 2.24) is 0 Å². The van der Waals surface area contributed by atoms with Crippen LogP contribution in [0.3, 0.4) is 0 Å². The number of sulfone groups is 1. The van der Waals surface area contributed by atoms with E-state index in [9.17, 15) is 13.2 Å². The van der Waals surface area contributed by atoms with Gasteiger partial charge in [-0.2, -0.15) is 0 Å². The third kappa shape index (κ3) is 4.41. The highest BCUT2D eigenvalue weighted by Crippen LogP contribution is 2.28. The van der Waals surface area contributed by atoms with Crippen LogP contribution in [-0.2, 0) is 9.84 Å². The van der Waals surface area contributed by atoms with Crippen molar-refractivity contribution in [2.75, 3.05) is 18.3 Å². The number of amides is 1. The van der Waals surface area contributed by atoms with Gasteiger partial charge in [-0.05, 0) is 72.2 Å². The fourth-order valence-electron chi connectivity index (χ4n) is 2.43. The van der Waals surface area contributed by atoms with E-state index in [4.69, 9.17) is 4.74 Å². The second-order valence-electron chi connectivity index (χ2n) is 5.88. The molecule has 2 aromatic rings. The van der Waals surface area contributed by atoms with E-state index in [1.807, 2.05) is 13.8 Å². The van der Waals surface area contributed by atoms with E-state index in [-0.39, 0.29) is 16.8 Å². The van der Waals surface area contributed by atoms with E-state index in [2.05, 4.69) is 15.9 Å². The fraction of sp³-hybridized carbons (Fsp3) is 0.278. The van der Waals surface area contributed by atoms with E-state index in [0.717, 1.165) is 6.26 Å². The molecule has 7 heteroatoms. The number of carbonyl (C=O) groups is 1. The van der Waals surface area contributed by atoms with Crippen molar-refractivity contribution in [1.29, 1.82) is 0 Å². The van der Waals surface area contributed by atoms with Crippen LogP contribution in [0, 0.1) is 0 Å². The van der Waals surface area contributed by atoms with Crippen LogP contribution in [0.2, 0.25) is 0 Å². The molecule has 0 fully saturated rings. The number of rotatable bonds is 5. The minimum Gasteiger partial charge on any atom is -0.497 e. The van der Waals surface area contributed by atoms with Crippen LogP contribution in [0.25, 0.3) is 0 Å². The first kappa shape index (κ1) is 19.5. The number of carbonyl (C=O) groups excluding carboxylic acids is 1. The Bertz CT molecular complexity index is 876. The molecule has 0 atom stereocenters. The Morgan fingerprint density at radius 1 is 1.12 bits per heavy atom. The summed E-state index contributed by atoms with van der Waals surface area (Å²) in [4.78, 5) is 14.9. The molecule has 25 heavy (non-hydrogen) atoms. The van der Waals surface area contributed by atoms with E-state index in [0.29, 0.717) is 21.5 Å². The highest BCUT2D eigenvalue weighted by Gasteiger charge is 2.23. The summed E-state index contributed by atoms with van der Waals surface area (Å²) < 4.78 is 29.1. The summed E-state index contributed by atoms with van der Waals surface area (Å²) in [5.74, 6) is 0.385. The molecule has 0 bridgehead atoms. The lowest BCUT2D eigenvalue weighted by atomic mass is 10.1. The number of halogens is 1. The first-order chi connectivity index (χ1) is 11.6. The molecule has 0 N–H and O–H groups in total. The van der Waals surface area contributed by atoms with E-state index in [1.54, 1.807) is 42.3 Å². The molecule has 0 heterocycles. The van der Waals surface area contributed by atoms with Crippen LogP contribution >= 0.6 is 15.9 Å². The normalized spacial score (nSPS) is 11.4. The smallest absolute Gasteiger partial charge is 0.259 e. The zero-order valence-corrected chi connectivity index (χ0v) is 16.9. The van der Waals surface area contributed by atoms with Crippen molar-refractivity contribution in [3.63, 3.8) is 0 Å². The molecule has 2 aromatic carbocycles. The lowest BCUT2D eigenvalue weighted by Gasteiger charge is -2.27. The van der Waals surface area contributed by atoms with Gasteiger partial charge in [-0.3, -0.25) is 4.79 Å². The second-order valence-corrected chi connectivity index (χ2v) is 8.75. The van der Waals surface area contributed by atoms with Crippen LogP contribution < -0.4 is 9.64 Å². The predicted molar refractivity (Wildman–Crippen MR) is 102 cm³/mol. The number of methoxy groups -OCH3 is 1. The SMILES string of the molecule is COc1ccc(Br)c(C(=O)N(c2ccc(S(C)(=O)=O)cc2)C(C)C)c1. The molecule has 2 rings (SSSR count). The molecule has 0 aliphatic rings. The average Bonchev–Trinajstić information content (AvgIpc) is 2.54. The maximum atomic E-state index is 13.1. The van der Waals surface area contributed by atoms with Gasteiger partial charge in [-0.1, -0.05) is 0 Å². The minimum absolute atomic E-state index is 0.116. The molecular weight excluding hydrogens is 406 g/mol. The fourth-order valence-corrected chi connectivity index (χ4v) is 3.48. The summed E-state index contributed by atoms with van der Waals surface area (Å²) in [6, 6.07) is 11.4. The van der Waals surface area contributed by atoms with E-state index >= 15 is 0 Å². The molecular formula is C18H20BrNO4S. The van der Waals surface area contributed by atoms with Gasteiger partial charge in [0.1, 0.15) is 5.75 Å². The maximum absolute atomic E-state index is 13.1. The standard InChI is InChI=1S/C18H20BrNO4S/c1-12(2)20(13-5-8-15(9-6-13)25(4,22)23)18(21)16-11-14(24-3)7-10-17(16)19/h5-12H,1-4H3. The molecule has 0 radical (unpaired) electrons. The topological polar surface area (TPSA) is 63.7 Å². The van der Waals surface area contributed by atoms with Gasteiger partial charge >= 0.3 is 0 Å². The van der Waals surface area contributed by atoms with Crippen molar-refractivity contribution in [2.45, 2.75) is 24.8 Å². The van der Waals surface area contributed by atoms with Crippen molar-refractivity contribution >= 4 is 37.4 Å². The monoisotopic (exact) mass is 425 g/mol. The van der Waals surface area contributed by atoms with Crippen molar-refractivity contribution in [3.8, 4) is 5.75 Å². The number of nitrogens with zero attached hydrogens (tertiary/aromatic N) is 1. The van der Waals surface area contributed by atoms with Gasteiger partial charge in [0.2, 0.25) is 0 Å². The number of hydrogen-bond donors (Lipinski definition) is 0. The third-order valence-electron chi connectivity index (χ3n) is 3.68. The van der Waals surface area contributed by atoms with Gasteiger partial charge < -0.3 is 9.64 Å². The number of anilines is 1. The highest BCUT2D eigenvalue weighted by atomic mass is 79.9. The Morgan fingerprint density at radius 2 is 1.72 bits per heavy atom. The Labute approximate surface area is 156 Å². The molecule has 5 nitrogen and oxygen atoms in total. The van der Waals surface area contributed by atoms with Crippen LogP contribution in [0.1, 0.15) is 24.2 Å². The van der Waals surface area contributed by atoms with Gasteiger partial charge in [0.15, 0.2) is 9.84 Å². The molecule has 0 spiro atoms. The molecule has 134 valence electrons. The Balaban J connectivity index is 2.46. The van der Waals surface area contributed by atoms with Crippen molar-refractivity contribution in [2.24, 2.45) is 0 Å². The zero-order valence-electron chi connectivity index (χ0n) is 14.5. The summed E-state index contributed by atoms with van der Waals surface area (Å²) in [6.07, 6.45) is 1.15. The van der Waals surface area contributed by atoms with Gasteiger partial charge in [-0.25, -0.2) is 8.42 Å². The molecule has 1 amide bonds. The Kier molecular flexibility index (Phi) is 5.90. The van der Waals surface area contributed by atoms with Crippen LogP contribution in [-0.4, -0.2) is 33.7 Å². The van der Waals surface area contributed by atoms with Crippen LogP contribution in [0.4, 0.5) is 5.69 Å². The third-order valence-corrected chi connectivity index (χ3v) is 5.50. The highest BCUT2D eigenvalue weighted by molar-refractivity contribution is 9.10. The molecule has 0 unspecified atom stereocenters. The second kappa shape index (κ2) is 7.58. The first-order valence-corrected chi connectivity index (χ1v) is 10.3. The summed E-state index contributed by atoms with van der Waals surface area (Å²) in [6.45, 7) is 3.80. The van der Waals surface area contributed by atoms with Gasteiger partial charge in [0, 0.05) is 22.5 Å². The van der Waals surface area contributed by atoms with Crippen LogP contribution in [0.15, 0.2) is 51.8 Å². The molecule has 0 saturated carbocycles. The van der Waals surface area contributed by atoms with Crippen molar-refractivity contribution < 1.29 is 17.9 Å². The van der Waals surface area contributed by atoms with Gasteiger partial charge in [-0.15, -0.1) is 0 Å². The summed E-state index contributed by atoms with van der Waals surface area (Å²) >= 11 is 3.41. The maximum Gasteiger partial charge on any atom is 0.259 e. The lowest BCUT2D eigenvalue weighted by Crippen LogP contribution is -2.37. The molecule has 0 saturated heterocycles. The average molecular weight is 426 g/mol. The van der Waals surface area contributed by atoms with E-state index in [1.165, 1.54) is 12.1 Å². The molecule has 0 aromatic heterocycles. The minimum atomic E-state index is -3.28. The lowest BCUT2D eigenvalue weighted by molar-refractivity contribution is 0.0979.